The van der Waals surface area contributed by atoms with Crippen LogP contribution in [0.1, 0.15) is 57.2 Å². The Kier molecular flexibility index (Phi) is 6.24. The van der Waals surface area contributed by atoms with Crippen LogP contribution in [0.3, 0.4) is 0 Å². The molecule has 1 aliphatic heterocycles. The van der Waals surface area contributed by atoms with Crippen molar-refractivity contribution < 1.29 is 45.1 Å². The zero-order valence-electron chi connectivity index (χ0n) is 20.6. The first kappa shape index (κ1) is 25.0. The van der Waals surface area contributed by atoms with Crippen LogP contribution in [0.15, 0.2) is 83.9 Å². The van der Waals surface area contributed by atoms with Gasteiger partial charge in [0.1, 0.15) is 0 Å². The van der Waals surface area contributed by atoms with E-state index >= 15 is 0 Å². The molecular formula is C32H30Cl2Zr. The summed E-state index contributed by atoms with van der Waals surface area (Å²) in [4.78, 5) is 0. The molecule has 1 fully saturated rings. The van der Waals surface area contributed by atoms with Crippen LogP contribution in [0.25, 0.3) is 33.7 Å². The Morgan fingerprint density at radius 2 is 0.886 bits per heavy atom. The largest absolute Gasteiger partial charge is 1.00 e. The van der Waals surface area contributed by atoms with Gasteiger partial charge in [0.25, 0.3) is 0 Å². The third kappa shape index (κ3) is 3.35. The number of hydrogen-bond acceptors (Lipinski definition) is 0. The fourth-order valence-corrected chi connectivity index (χ4v) is 28.9. The number of benzene rings is 4. The van der Waals surface area contributed by atoms with Gasteiger partial charge in [-0.2, -0.15) is 0 Å². The molecule has 0 nitrogen and oxygen atoms in total. The summed E-state index contributed by atoms with van der Waals surface area (Å²) in [5.41, 5.74) is 9.51. The Morgan fingerprint density at radius 1 is 0.543 bits per heavy atom. The van der Waals surface area contributed by atoms with Crippen LogP contribution < -0.4 is 24.8 Å². The SMILES string of the molecule is CC1=Cc2cc3ccccc3cc2[CH]1[Zr+2]1([CH]2C(C)=Cc3cc4ccccc4cc32)[CH](C)[CH]1C.[Cl-].[Cl-]. The predicted octanol–water partition coefficient (Wildman–Crippen LogP) is 3.40. The first-order chi connectivity index (χ1) is 16.0. The maximum Gasteiger partial charge on any atom is -1.00 e. The van der Waals surface area contributed by atoms with Crippen LogP contribution in [0.5, 0.6) is 0 Å². The Labute approximate surface area is 225 Å². The van der Waals surface area contributed by atoms with E-state index in [4.69, 9.17) is 0 Å². The first-order valence-electron chi connectivity index (χ1n) is 12.4. The summed E-state index contributed by atoms with van der Waals surface area (Å²) < 4.78 is 3.18. The van der Waals surface area contributed by atoms with Gasteiger partial charge in [-0.1, -0.05) is 0 Å². The number of allylic oxidation sites excluding steroid dienone is 2. The number of halogens is 2. The van der Waals surface area contributed by atoms with Gasteiger partial charge in [0.15, 0.2) is 0 Å². The molecule has 0 radical (unpaired) electrons. The van der Waals surface area contributed by atoms with Crippen molar-refractivity contribution in [2.75, 3.05) is 0 Å². The molecule has 35 heavy (non-hydrogen) atoms. The van der Waals surface area contributed by atoms with Crippen molar-refractivity contribution in [3.63, 3.8) is 0 Å². The predicted molar refractivity (Wildman–Crippen MR) is 140 cm³/mol. The van der Waals surface area contributed by atoms with Gasteiger partial charge in [0, 0.05) is 0 Å². The molecule has 4 atom stereocenters. The summed E-state index contributed by atoms with van der Waals surface area (Å²) in [6.07, 6.45) is 5.05. The Morgan fingerprint density at radius 3 is 1.23 bits per heavy atom. The van der Waals surface area contributed by atoms with Crippen molar-refractivity contribution in [2.45, 2.75) is 42.2 Å². The van der Waals surface area contributed by atoms with Crippen molar-refractivity contribution in [2.24, 2.45) is 0 Å². The monoisotopic (exact) mass is 574 g/mol. The number of rotatable bonds is 2. The Bertz CT molecular complexity index is 1430. The van der Waals surface area contributed by atoms with Gasteiger partial charge in [0.2, 0.25) is 0 Å². The van der Waals surface area contributed by atoms with E-state index < -0.39 is 20.3 Å². The molecule has 4 aromatic carbocycles. The standard InChI is InChI=1S/2C14H11.C4H8.2ClH.Zr/c2*1-10-6-13-8-11-4-2-3-5-12(11)9-14(13)7-10;1-3-4-2;;;/h2*2-9H,1H3;3-4H,1-2H3;2*1H;/q;;;;;+2/p-2. The van der Waals surface area contributed by atoms with Gasteiger partial charge in [-0.05, 0) is 0 Å². The zero-order valence-corrected chi connectivity index (χ0v) is 24.6. The van der Waals surface area contributed by atoms with E-state index in [9.17, 15) is 0 Å². The van der Waals surface area contributed by atoms with Crippen LogP contribution in [-0.4, -0.2) is 0 Å². The second-order valence-electron chi connectivity index (χ2n) is 10.9. The fourth-order valence-electron chi connectivity index (χ4n) is 7.83. The van der Waals surface area contributed by atoms with E-state index in [1.165, 1.54) is 32.7 Å². The molecule has 1 heterocycles. The first-order valence-corrected chi connectivity index (χ1v) is 18.1. The van der Waals surface area contributed by atoms with Gasteiger partial charge < -0.3 is 24.8 Å². The Hall–Kier alpha value is -1.66. The van der Waals surface area contributed by atoms with Gasteiger partial charge in [0.05, 0.1) is 0 Å². The molecule has 3 heteroatoms. The van der Waals surface area contributed by atoms with Crippen LogP contribution in [-0.2, 0) is 20.3 Å². The van der Waals surface area contributed by atoms with Crippen molar-refractivity contribution in [1.82, 2.24) is 0 Å². The summed E-state index contributed by atoms with van der Waals surface area (Å²) in [5.74, 6) is 0. The number of fused-ring (bicyclic) bond motifs is 4. The van der Waals surface area contributed by atoms with Crippen molar-refractivity contribution in [3.8, 4) is 0 Å². The fraction of sp³-hybridized carbons (Fsp3) is 0.250. The molecule has 0 spiro atoms. The molecule has 4 unspecified atom stereocenters. The third-order valence-corrected chi connectivity index (χ3v) is 27.4. The maximum atomic E-state index is 2.60. The molecule has 2 aliphatic carbocycles. The minimum atomic E-state index is -2.74. The van der Waals surface area contributed by atoms with E-state index in [2.05, 4.69) is 113 Å². The number of hydrogen-bond donors (Lipinski definition) is 0. The molecule has 4 aromatic rings. The molecule has 3 aliphatic rings. The molecule has 1 saturated heterocycles. The average molecular weight is 577 g/mol. The third-order valence-electron chi connectivity index (χ3n) is 9.42. The molecular weight excluding hydrogens is 546 g/mol. The average Bonchev–Trinajstić information content (AvgIpc) is 3.08. The van der Waals surface area contributed by atoms with Gasteiger partial charge >= 0.3 is 202 Å². The van der Waals surface area contributed by atoms with Crippen molar-refractivity contribution >= 4 is 33.7 Å². The maximum absolute atomic E-state index is 2.74. The summed E-state index contributed by atoms with van der Waals surface area (Å²) >= 11 is -2.74. The van der Waals surface area contributed by atoms with E-state index in [1.807, 2.05) is 0 Å². The van der Waals surface area contributed by atoms with Crippen LogP contribution >= 0.6 is 0 Å². The van der Waals surface area contributed by atoms with Gasteiger partial charge in [-0.3, -0.25) is 0 Å². The zero-order chi connectivity index (χ0) is 22.5. The second kappa shape index (κ2) is 8.73. The topological polar surface area (TPSA) is 0 Å². The normalized spacial score (nSPS) is 26.2. The molecule has 176 valence electrons. The minimum Gasteiger partial charge on any atom is -1.00 e. The minimum absolute atomic E-state index is 0. The van der Waals surface area contributed by atoms with E-state index in [0.29, 0.717) is 7.25 Å². The summed E-state index contributed by atoms with van der Waals surface area (Å²) in [5, 5.41) is 5.54. The van der Waals surface area contributed by atoms with Gasteiger partial charge in [-0.15, -0.1) is 0 Å². The van der Waals surface area contributed by atoms with Gasteiger partial charge in [-0.25, -0.2) is 0 Å². The van der Waals surface area contributed by atoms with Crippen LogP contribution in [0.4, 0.5) is 0 Å². The van der Waals surface area contributed by atoms with Crippen molar-refractivity contribution in [1.29, 1.82) is 0 Å². The van der Waals surface area contributed by atoms with E-state index in [1.54, 1.807) is 22.3 Å². The second-order valence-corrected chi connectivity index (χ2v) is 23.1. The molecule has 0 saturated carbocycles. The molecule has 7 rings (SSSR count). The Balaban J connectivity index is 0.00000127. The van der Waals surface area contributed by atoms with Crippen LogP contribution in [0.2, 0.25) is 7.25 Å². The summed E-state index contributed by atoms with van der Waals surface area (Å²) in [6, 6.07) is 27.8. The van der Waals surface area contributed by atoms with Crippen LogP contribution in [0, 0.1) is 0 Å². The van der Waals surface area contributed by atoms with Crippen molar-refractivity contribution in [3.05, 3.63) is 106 Å². The molecule has 0 N–H and O–H groups in total. The quantitative estimate of drug-likeness (QED) is 0.343. The molecule has 0 aromatic heterocycles. The molecule has 0 amide bonds. The van der Waals surface area contributed by atoms with E-state index in [-0.39, 0.29) is 24.8 Å². The van der Waals surface area contributed by atoms with E-state index in [0.717, 1.165) is 7.25 Å². The molecule has 0 bridgehead atoms. The summed E-state index contributed by atoms with van der Waals surface area (Å²) in [7, 11) is 0. The smallest absolute Gasteiger partial charge is 1.00 e. The summed E-state index contributed by atoms with van der Waals surface area (Å²) in [6.45, 7) is 10.1.